The fourth-order valence-electron chi connectivity index (χ4n) is 2.05. The van der Waals surface area contributed by atoms with Crippen molar-refractivity contribution < 1.29 is 19.1 Å². The van der Waals surface area contributed by atoms with Gasteiger partial charge < -0.3 is 15.4 Å². The lowest BCUT2D eigenvalue weighted by Gasteiger charge is -2.06. The van der Waals surface area contributed by atoms with Crippen LogP contribution in [0.1, 0.15) is 42.7 Å². The van der Waals surface area contributed by atoms with Crippen molar-refractivity contribution in [2.75, 3.05) is 17.2 Å². The van der Waals surface area contributed by atoms with E-state index in [1.807, 2.05) is 6.92 Å². The van der Waals surface area contributed by atoms with Crippen molar-refractivity contribution in [1.82, 2.24) is 4.98 Å². The molecule has 0 atom stereocenters. The predicted molar refractivity (Wildman–Crippen MR) is 100 cm³/mol. The minimum absolute atomic E-state index is 0.0941. The molecule has 0 radical (unpaired) electrons. The molecule has 2 rings (SSSR count). The highest BCUT2D eigenvalue weighted by Crippen LogP contribution is 2.16. The molecule has 0 aliphatic rings. The third-order valence-electron chi connectivity index (χ3n) is 3.31. The SMILES string of the molecule is CCCCOC(=O)c1ccc(NC(=O)Cc2csc(NC(C)=O)n2)cc1. The monoisotopic (exact) mass is 375 g/mol. The number of anilines is 2. The molecular formula is C18H21N3O4S. The topological polar surface area (TPSA) is 97.4 Å². The Morgan fingerprint density at radius 2 is 1.88 bits per heavy atom. The first-order valence-electron chi connectivity index (χ1n) is 8.27. The largest absolute Gasteiger partial charge is 0.462 e. The molecule has 2 N–H and O–H groups in total. The molecule has 26 heavy (non-hydrogen) atoms. The zero-order valence-electron chi connectivity index (χ0n) is 14.7. The van der Waals surface area contributed by atoms with E-state index in [0.717, 1.165) is 12.8 Å². The molecular weight excluding hydrogens is 354 g/mol. The van der Waals surface area contributed by atoms with E-state index in [1.54, 1.807) is 29.6 Å². The maximum absolute atomic E-state index is 12.1. The van der Waals surface area contributed by atoms with E-state index in [4.69, 9.17) is 4.74 Å². The lowest BCUT2D eigenvalue weighted by atomic mass is 10.2. The third kappa shape index (κ3) is 6.29. The molecule has 2 amide bonds. The number of hydrogen-bond acceptors (Lipinski definition) is 6. The maximum atomic E-state index is 12.1. The molecule has 1 aromatic carbocycles. The van der Waals surface area contributed by atoms with Gasteiger partial charge in [0, 0.05) is 18.0 Å². The second-order valence-corrected chi connectivity index (χ2v) is 6.48. The number of hydrogen-bond donors (Lipinski definition) is 2. The van der Waals surface area contributed by atoms with Crippen molar-refractivity contribution in [2.24, 2.45) is 0 Å². The standard InChI is InChI=1S/C18H21N3O4S/c1-3-4-9-25-17(24)13-5-7-14(8-6-13)20-16(23)10-15-11-26-18(21-15)19-12(2)22/h5-8,11H,3-4,9-10H2,1-2H3,(H,20,23)(H,19,21,22). The van der Waals surface area contributed by atoms with Gasteiger partial charge in [0.1, 0.15) is 0 Å². The summed E-state index contributed by atoms with van der Waals surface area (Å²) in [5.74, 6) is -0.809. The first-order chi connectivity index (χ1) is 12.5. The minimum Gasteiger partial charge on any atom is -0.462 e. The Labute approximate surface area is 155 Å². The zero-order valence-corrected chi connectivity index (χ0v) is 15.5. The highest BCUT2D eigenvalue weighted by Gasteiger charge is 2.10. The van der Waals surface area contributed by atoms with Crippen LogP contribution in [0.3, 0.4) is 0 Å². The summed E-state index contributed by atoms with van der Waals surface area (Å²) in [6.45, 7) is 3.83. The van der Waals surface area contributed by atoms with Crippen LogP contribution in [0.25, 0.3) is 0 Å². The van der Waals surface area contributed by atoms with Gasteiger partial charge in [-0.2, -0.15) is 0 Å². The van der Waals surface area contributed by atoms with Gasteiger partial charge >= 0.3 is 5.97 Å². The van der Waals surface area contributed by atoms with Crippen molar-refractivity contribution in [3.05, 3.63) is 40.9 Å². The van der Waals surface area contributed by atoms with Crippen molar-refractivity contribution >= 4 is 39.9 Å². The van der Waals surface area contributed by atoms with Crippen LogP contribution >= 0.6 is 11.3 Å². The second kappa shape index (κ2) is 9.67. The number of amides is 2. The highest BCUT2D eigenvalue weighted by atomic mass is 32.1. The average molecular weight is 375 g/mol. The van der Waals surface area contributed by atoms with Gasteiger partial charge in [-0.25, -0.2) is 9.78 Å². The summed E-state index contributed by atoms with van der Waals surface area (Å²) < 4.78 is 5.13. The van der Waals surface area contributed by atoms with Crippen LogP contribution in [0.15, 0.2) is 29.6 Å². The van der Waals surface area contributed by atoms with Crippen molar-refractivity contribution in [1.29, 1.82) is 0 Å². The van der Waals surface area contributed by atoms with Gasteiger partial charge in [0.15, 0.2) is 5.13 Å². The summed E-state index contributed by atoms with van der Waals surface area (Å²) in [6, 6.07) is 6.53. The Kier molecular flexibility index (Phi) is 7.28. The van der Waals surface area contributed by atoms with Crippen LogP contribution in [0.5, 0.6) is 0 Å². The van der Waals surface area contributed by atoms with E-state index in [1.165, 1.54) is 18.3 Å². The van der Waals surface area contributed by atoms with E-state index in [2.05, 4.69) is 15.6 Å². The van der Waals surface area contributed by atoms with Crippen LogP contribution in [0, 0.1) is 0 Å². The number of unbranched alkanes of at least 4 members (excludes halogenated alkanes) is 1. The normalized spacial score (nSPS) is 10.2. The molecule has 0 aliphatic heterocycles. The Bertz CT molecular complexity index is 771. The molecule has 0 aliphatic carbocycles. The van der Waals surface area contributed by atoms with Gasteiger partial charge in [-0.05, 0) is 30.7 Å². The number of thiazole rings is 1. The van der Waals surface area contributed by atoms with E-state index in [9.17, 15) is 14.4 Å². The van der Waals surface area contributed by atoms with Gasteiger partial charge in [-0.3, -0.25) is 9.59 Å². The molecule has 0 saturated carbocycles. The first-order valence-corrected chi connectivity index (χ1v) is 9.15. The third-order valence-corrected chi connectivity index (χ3v) is 4.12. The molecule has 0 bridgehead atoms. The molecule has 138 valence electrons. The summed E-state index contributed by atoms with van der Waals surface area (Å²) in [7, 11) is 0. The molecule has 0 spiro atoms. The van der Waals surface area contributed by atoms with Gasteiger partial charge in [0.05, 0.1) is 24.3 Å². The molecule has 0 fully saturated rings. The van der Waals surface area contributed by atoms with E-state index in [0.29, 0.717) is 28.7 Å². The fraction of sp³-hybridized carbons (Fsp3) is 0.333. The molecule has 1 heterocycles. The van der Waals surface area contributed by atoms with Crippen molar-refractivity contribution in [3.8, 4) is 0 Å². The molecule has 0 saturated heterocycles. The Morgan fingerprint density at radius 3 is 2.54 bits per heavy atom. The Morgan fingerprint density at radius 1 is 1.15 bits per heavy atom. The number of carbonyl (C=O) groups excluding carboxylic acids is 3. The molecule has 7 nitrogen and oxygen atoms in total. The summed E-state index contributed by atoms with van der Waals surface area (Å²) >= 11 is 1.26. The van der Waals surface area contributed by atoms with Gasteiger partial charge in [-0.15, -0.1) is 11.3 Å². The highest BCUT2D eigenvalue weighted by molar-refractivity contribution is 7.13. The van der Waals surface area contributed by atoms with E-state index < -0.39 is 0 Å². The number of ether oxygens (including phenoxy) is 1. The minimum atomic E-state index is -0.371. The van der Waals surface area contributed by atoms with Gasteiger partial charge in [0.25, 0.3) is 0 Å². The van der Waals surface area contributed by atoms with Gasteiger partial charge in [0.2, 0.25) is 11.8 Å². The zero-order chi connectivity index (χ0) is 18.9. The quantitative estimate of drug-likeness (QED) is 0.545. The van der Waals surface area contributed by atoms with Crippen LogP contribution in [0.4, 0.5) is 10.8 Å². The number of esters is 1. The maximum Gasteiger partial charge on any atom is 0.338 e. The number of aromatic nitrogens is 1. The van der Waals surface area contributed by atoms with Gasteiger partial charge in [-0.1, -0.05) is 13.3 Å². The summed E-state index contributed by atoms with van der Waals surface area (Å²) in [5.41, 5.74) is 1.60. The number of benzene rings is 1. The van der Waals surface area contributed by atoms with Crippen LogP contribution in [0.2, 0.25) is 0 Å². The summed E-state index contributed by atoms with van der Waals surface area (Å²) in [4.78, 5) is 39.1. The number of nitrogens with one attached hydrogen (secondary N) is 2. The molecule has 8 heteroatoms. The Hall–Kier alpha value is -2.74. The van der Waals surface area contributed by atoms with Crippen LogP contribution in [-0.4, -0.2) is 29.4 Å². The number of nitrogens with zero attached hydrogens (tertiary/aromatic N) is 1. The summed E-state index contributed by atoms with van der Waals surface area (Å²) in [5, 5.41) is 7.51. The smallest absolute Gasteiger partial charge is 0.338 e. The lowest BCUT2D eigenvalue weighted by molar-refractivity contribution is -0.116. The number of rotatable bonds is 8. The number of carbonyl (C=O) groups is 3. The van der Waals surface area contributed by atoms with E-state index >= 15 is 0 Å². The summed E-state index contributed by atoms with van der Waals surface area (Å²) in [6.07, 6.45) is 1.89. The van der Waals surface area contributed by atoms with E-state index in [-0.39, 0.29) is 24.2 Å². The van der Waals surface area contributed by atoms with Crippen LogP contribution in [-0.2, 0) is 20.7 Å². The average Bonchev–Trinajstić information content (AvgIpc) is 3.01. The lowest BCUT2D eigenvalue weighted by Crippen LogP contribution is -2.15. The predicted octanol–water partition coefficient (Wildman–Crippen LogP) is 3.24. The molecule has 1 aromatic heterocycles. The fourth-order valence-corrected chi connectivity index (χ4v) is 2.80. The van der Waals surface area contributed by atoms with Crippen molar-refractivity contribution in [3.63, 3.8) is 0 Å². The molecule has 0 unspecified atom stereocenters. The molecule has 2 aromatic rings. The van der Waals surface area contributed by atoms with Crippen molar-refractivity contribution in [2.45, 2.75) is 33.1 Å². The first kappa shape index (κ1) is 19.6. The Balaban J connectivity index is 1.86. The second-order valence-electron chi connectivity index (χ2n) is 5.62. The van der Waals surface area contributed by atoms with Crippen LogP contribution < -0.4 is 10.6 Å².